The fourth-order valence-electron chi connectivity index (χ4n) is 4.06. The molecule has 2 unspecified atom stereocenters. The Balaban J connectivity index is 1.72. The fraction of sp³-hybridized carbons (Fsp3) is 1.00. The number of rotatable bonds is 6. The molecule has 112 valence electrons. The minimum Gasteiger partial charge on any atom is -0.314 e. The van der Waals surface area contributed by atoms with Gasteiger partial charge in [-0.1, -0.05) is 27.2 Å². The Kier molecular flexibility index (Phi) is 5.70. The lowest BCUT2D eigenvalue weighted by Crippen LogP contribution is -2.42. The van der Waals surface area contributed by atoms with E-state index in [4.69, 9.17) is 0 Å². The molecule has 0 aromatic rings. The van der Waals surface area contributed by atoms with Gasteiger partial charge in [-0.05, 0) is 69.5 Å². The third-order valence-corrected chi connectivity index (χ3v) is 5.11. The highest BCUT2D eigenvalue weighted by molar-refractivity contribution is 4.85. The van der Waals surface area contributed by atoms with Crippen LogP contribution in [0, 0.1) is 11.3 Å². The van der Waals surface area contributed by atoms with Crippen LogP contribution >= 0.6 is 0 Å². The predicted molar refractivity (Wildman–Crippen MR) is 83.5 cm³/mol. The van der Waals surface area contributed by atoms with Crippen LogP contribution in [0.1, 0.15) is 65.7 Å². The van der Waals surface area contributed by atoms with E-state index in [1.54, 1.807) is 0 Å². The van der Waals surface area contributed by atoms with Crippen molar-refractivity contribution >= 4 is 0 Å². The number of piperidine rings is 1. The van der Waals surface area contributed by atoms with Gasteiger partial charge < -0.3 is 10.2 Å². The van der Waals surface area contributed by atoms with Crippen LogP contribution in [-0.4, -0.2) is 37.1 Å². The first-order valence-corrected chi connectivity index (χ1v) is 8.56. The van der Waals surface area contributed by atoms with Crippen molar-refractivity contribution in [2.24, 2.45) is 11.3 Å². The Bertz CT molecular complexity index is 262. The average Bonchev–Trinajstić information content (AvgIpc) is 2.80. The zero-order valence-corrected chi connectivity index (χ0v) is 13.4. The smallest absolute Gasteiger partial charge is 0.00958 e. The molecule has 0 spiro atoms. The molecule has 1 N–H and O–H groups in total. The van der Waals surface area contributed by atoms with E-state index in [0.29, 0.717) is 5.41 Å². The fourth-order valence-corrected chi connectivity index (χ4v) is 4.06. The maximum Gasteiger partial charge on any atom is 0.00958 e. The van der Waals surface area contributed by atoms with E-state index in [1.807, 2.05) is 0 Å². The van der Waals surface area contributed by atoms with Crippen molar-refractivity contribution < 1.29 is 0 Å². The zero-order chi connectivity index (χ0) is 13.7. The van der Waals surface area contributed by atoms with Gasteiger partial charge in [0.25, 0.3) is 0 Å². The Hall–Kier alpha value is -0.0800. The molecule has 2 nitrogen and oxygen atoms in total. The monoisotopic (exact) mass is 266 g/mol. The molecule has 2 aliphatic rings. The summed E-state index contributed by atoms with van der Waals surface area (Å²) >= 11 is 0. The summed E-state index contributed by atoms with van der Waals surface area (Å²) < 4.78 is 0. The number of hydrogen-bond acceptors (Lipinski definition) is 2. The minimum absolute atomic E-state index is 0.549. The van der Waals surface area contributed by atoms with Crippen molar-refractivity contribution in [1.82, 2.24) is 10.2 Å². The van der Waals surface area contributed by atoms with Gasteiger partial charge in [-0.25, -0.2) is 0 Å². The molecule has 0 aromatic carbocycles. The largest absolute Gasteiger partial charge is 0.314 e. The summed E-state index contributed by atoms with van der Waals surface area (Å²) in [6.07, 6.45) is 9.80. The van der Waals surface area contributed by atoms with E-state index < -0.39 is 0 Å². The molecular formula is C17H34N2. The average molecular weight is 266 g/mol. The highest BCUT2D eigenvalue weighted by Gasteiger charge is 2.29. The van der Waals surface area contributed by atoms with Crippen LogP contribution in [0.5, 0.6) is 0 Å². The predicted octanol–water partition coefficient (Wildman–Crippen LogP) is 3.67. The molecule has 2 atom stereocenters. The number of nitrogens with zero attached hydrogens (tertiary/aromatic N) is 1. The van der Waals surface area contributed by atoms with Crippen molar-refractivity contribution in [1.29, 1.82) is 0 Å². The third kappa shape index (κ3) is 4.75. The molecule has 1 heterocycles. The molecule has 2 fully saturated rings. The van der Waals surface area contributed by atoms with E-state index in [-0.39, 0.29) is 0 Å². The molecule has 0 amide bonds. The molecular weight excluding hydrogens is 232 g/mol. The normalized spacial score (nSPS) is 31.7. The Morgan fingerprint density at radius 3 is 2.79 bits per heavy atom. The molecule has 2 rings (SSSR count). The molecule has 19 heavy (non-hydrogen) atoms. The van der Waals surface area contributed by atoms with Gasteiger partial charge in [0.1, 0.15) is 0 Å². The van der Waals surface area contributed by atoms with E-state index >= 15 is 0 Å². The standard InChI is InChI=1S/C17H34N2/c1-4-11-18-16-8-5-7-15(16)9-13-19-12-6-10-17(2,3)14-19/h15-16,18H,4-14H2,1-3H3. The van der Waals surface area contributed by atoms with Crippen molar-refractivity contribution in [2.45, 2.75) is 71.8 Å². The summed E-state index contributed by atoms with van der Waals surface area (Å²) in [5.74, 6) is 0.941. The summed E-state index contributed by atoms with van der Waals surface area (Å²) in [7, 11) is 0. The van der Waals surface area contributed by atoms with Gasteiger partial charge in [0.15, 0.2) is 0 Å². The van der Waals surface area contributed by atoms with Gasteiger partial charge in [-0.15, -0.1) is 0 Å². The molecule has 1 saturated heterocycles. The van der Waals surface area contributed by atoms with Crippen LogP contribution in [0.25, 0.3) is 0 Å². The Morgan fingerprint density at radius 1 is 1.21 bits per heavy atom. The van der Waals surface area contributed by atoms with Crippen LogP contribution in [0.3, 0.4) is 0 Å². The van der Waals surface area contributed by atoms with Gasteiger partial charge in [0.2, 0.25) is 0 Å². The van der Waals surface area contributed by atoms with E-state index in [9.17, 15) is 0 Å². The van der Waals surface area contributed by atoms with Crippen molar-refractivity contribution in [3.8, 4) is 0 Å². The van der Waals surface area contributed by atoms with E-state index in [2.05, 4.69) is 31.0 Å². The van der Waals surface area contributed by atoms with Gasteiger partial charge in [-0.2, -0.15) is 0 Å². The number of nitrogens with one attached hydrogen (secondary N) is 1. The molecule has 0 bridgehead atoms. The van der Waals surface area contributed by atoms with Crippen LogP contribution < -0.4 is 5.32 Å². The SMILES string of the molecule is CCCNC1CCCC1CCN1CCCC(C)(C)C1. The molecule has 1 aliphatic carbocycles. The van der Waals surface area contributed by atoms with Gasteiger partial charge in [0.05, 0.1) is 0 Å². The summed E-state index contributed by atoms with van der Waals surface area (Å²) in [6.45, 7) is 12.3. The summed E-state index contributed by atoms with van der Waals surface area (Å²) in [5.41, 5.74) is 0.549. The lowest BCUT2D eigenvalue weighted by Gasteiger charge is -2.38. The Labute approximate surface area is 120 Å². The number of likely N-dealkylation sites (tertiary alicyclic amines) is 1. The topological polar surface area (TPSA) is 15.3 Å². The summed E-state index contributed by atoms with van der Waals surface area (Å²) in [6, 6.07) is 0.817. The van der Waals surface area contributed by atoms with Crippen molar-refractivity contribution in [3.05, 3.63) is 0 Å². The summed E-state index contributed by atoms with van der Waals surface area (Å²) in [5, 5.41) is 3.77. The first kappa shape index (κ1) is 15.3. The first-order valence-electron chi connectivity index (χ1n) is 8.56. The molecule has 1 saturated carbocycles. The second-order valence-corrected chi connectivity index (χ2v) is 7.58. The van der Waals surface area contributed by atoms with Crippen LogP contribution in [0.15, 0.2) is 0 Å². The number of hydrogen-bond donors (Lipinski definition) is 1. The lowest BCUT2D eigenvalue weighted by atomic mass is 9.84. The first-order chi connectivity index (χ1) is 9.11. The van der Waals surface area contributed by atoms with Gasteiger partial charge >= 0.3 is 0 Å². The van der Waals surface area contributed by atoms with Crippen LogP contribution in [-0.2, 0) is 0 Å². The second kappa shape index (κ2) is 7.08. The van der Waals surface area contributed by atoms with Gasteiger partial charge in [0, 0.05) is 12.6 Å². The maximum atomic E-state index is 3.77. The second-order valence-electron chi connectivity index (χ2n) is 7.58. The van der Waals surface area contributed by atoms with Gasteiger partial charge in [-0.3, -0.25) is 0 Å². The van der Waals surface area contributed by atoms with Crippen molar-refractivity contribution in [2.75, 3.05) is 26.2 Å². The van der Waals surface area contributed by atoms with E-state index in [1.165, 1.54) is 71.1 Å². The highest BCUT2D eigenvalue weighted by Crippen LogP contribution is 2.31. The lowest BCUT2D eigenvalue weighted by molar-refractivity contribution is 0.110. The quantitative estimate of drug-likeness (QED) is 0.789. The van der Waals surface area contributed by atoms with Crippen LogP contribution in [0.2, 0.25) is 0 Å². The molecule has 2 heteroatoms. The minimum atomic E-state index is 0.549. The Morgan fingerprint density at radius 2 is 2.05 bits per heavy atom. The molecule has 1 aliphatic heterocycles. The van der Waals surface area contributed by atoms with Crippen LogP contribution in [0.4, 0.5) is 0 Å². The third-order valence-electron chi connectivity index (χ3n) is 5.11. The molecule has 0 radical (unpaired) electrons. The van der Waals surface area contributed by atoms with Crippen molar-refractivity contribution in [3.63, 3.8) is 0 Å². The maximum absolute atomic E-state index is 3.77. The molecule has 0 aromatic heterocycles. The van der Waals surface area contributed by atoms with E-state index in [0.717, 1.165) is 12.0 Å². The highest BCUT2D eigenvalue weighted by atomic mass is 15.1. The zero-order valence-electron chi connectivity index (χ0n) is 13.4. The summed E-state index contributed by atoms with van der Waals surface area (Å²) in [4.78, 5) is 2.72.